The van der Waals surface area contributed by atoms with Crippen LogP contribution >= 0.6 is 0 Å². The smallest absolute Gasteiger partial charge is 0.226 e. The number of carbonyl (C=O) groups excluding carboxylic acids is 2. The summed E-state index contributed by atoms with van der Waals surface area (Å²) in [6, 6.07) is 8.67. The summed E-state index contributed by atoms with van der Waals surface area (Å²) in [5.74, 6) is 0.606. The molecule has 6 nitrogen and oxygen atoms in total. The normalized spacial score (nSPS) is 31.0. The second-order valence-electron chi connectivity index (χ2n) is 10.7. The maximum atomic E-state index is 13.9. The predicted molar refractivity (Wildman–Crippen MR) is 125 cm³/mol. The minimum absolute atomic E-state index is 0.0346. The Balaban J connectivity index is 1.18. The Hall–Kier alpha value is -2.47. The van der Waals surface area contributed by atoms with E-state index in [4.69, 9.17) is 4.74 Å². The number of Topliss-reactive ketones (excluding diaryl/α,β-unsaturated/α-hetero) is 1. The monoisotopic (exact) mass is 447 g/mol. The topological polar surface area (TPSA) is 73.2 Å². The third kappa shape index (κ3) is 3.45. The third-order valence-electron chi connectivity index (χ3n) is 9.08. The summed E-state index contributed by atoms with van der Waals surface area (Å²) >= 11 is 0. The average Bonchev–Trinajstić information content (AvgIpc) is 3.30. The molecule has 1 aromatic carbocycles. The van der Waals surface area contributed by atoms with Gasteiger partial charge >= 0.3 is 0 Å². The number of nitrogens with zero attached hydrogens (tertiary/aromatic N) is 2. The number of nitrogens with one attached hydrogen (secondary N) is 1. The van der Waals surface area contributed by atoms with E-state index < -0.39 is 0 Å². The van der Waals surface area contributed by atoms with Crippen molar-refractivity contribution in [2.45, 2.75) is 76.3 Å². The molecule has 3 heterocycles. The number of imidazole rings is 1. The number of ether oxygens (including phenoxy) is 1. The lowest BCUT2D eigenvalue weighted by Gasteiger charge is -2.42. The Morgan fingerprint density at radius 2 is 1.76 bits per heavy atom. The fourth-order valence-corrected chi connectivity index (χ4v) is 6.94. The zero-order valence-electron chi connectivity index (χ0n) is 19.2. The van der Waals surface area contributed by atoms with Gasteiger partial charge in [-0.25, -0.2) is 4.98 Å². The molecule has 5 aliphatic rings. The molecule has 1 unspecified atom stereocenters. The van der Waals surface area contributed by atoms with Gasteiger partial charge in [0.1, 0.15) is 5.78 Å². The van der Waals surface area contributed by atoms with Crippen molar-refractivity contribution < 1.29 is 14.3 Å². The fraction of sp³-hybridized carbons (Fsp3) is 0.593. The van der Waals surface area contributed by atoms with Crippen LogP contribution in [0, 0.1) is 10.8 Å². The summed E-state index contributed by atoms with van der Waals surface area (Å²) in [5.41, 5.74) is 2.98. The Labute approximate surface area is 195 Å². The zero-order chi connectivity index (χ0) is 22.5. The molecule has 2 bridgehead atoms. The first-order valence-electron chi connectivity index (χ1n) is 12.6. The van der Waals surface area contributed by atoms with Crippen LogP contribution in [0.2, 0.25) is 0 Å². The maximum Gasteiger partial charge on any atom is 0.226 e. The third-order valence-corrected chi connectivity index (χ3v) is 9.08. The van der Waals surface area contributed by atoms with Crippen molar-refractivity contribution in [3.63, 3.8) is 0 Å². The van der Waals surface area contributed by atoms with Crippen LogP contribution in [-0.4, -0.2) is 40.5 Å². The lowest BCUT2D eigenvalue weighted by Crippen LogP contribution is -2.49. The lowest BCUT2D eigenvalue weighted by atomic mass is 9.62. The van der Waals surface area contributed by atoms with Gasteiger partial charge < -0.3 is 14.6 Å². The number of carbonyl (C=O) groups is 2. The Kier molecular flexibility index (Phi) is 5.17. The van der Waals surface area contributed by atoms with Gasteiger partial charge in [-0.05, 0) is 56.9 Å². The molecule has 2 aliphatic heterocycles. The minimum atomic E-state index is -0.282. The largest absolute Gasteiger partial charge is 0.381 e. The van der Waals surface area contributed by atoms with Crippen molar-refractivity contribution in [1.82, 2.24) is 14.9 Å². The van der Waals surface area contributed by atoms with Gasteiger partial charge in [0.05, 0.1) is 24.3 Å². The van der Waals surface area contributed by atoms with Gasteiger partial charge in [0.2, 0.25) is 5.91 Å². The number of aromatic nitrogens is 2. The molecule has 1 saturated heterocycles. The summed E-state index contributed by atoms with van der Waals surface area (Å²) in [4.78, 5) is 31.6. The van der Waals surface area contributed by atoms with Gasteiger partial charge in [-0.1, -0.05) is 30.7 Å². The van der Waals surface area contributed by atoms with E-state index in [1.165, 1.54) is 11.1 Å². The van der Waals surface area contributed by atoms with Crippen molar-refractivity contribution in [3.8, 4) is 11.3 Å². The van der Waals surface area contributed by atoms with Crippen LogP contribution in [0.5, 0.6) is 0 Å². The SMILES string of the molecule is O=C(CC1c2ccccc2-c2cncn21)C12CCCC(C(=O)NC3CCOCC3)(CC1)CC2. The number of ketones is 1. The van der Waals surface area contributed by atoms with Crippen LogP contribution in [0.4, 0.5) is 0 Å². The average molecular weight is 448 g/mol. The summed E-state index contributed by atoms with van der Waals surface area (Å²) in [5, 5.41) is 3.34. The molecule has 4 fully saturated rings. The molecule has 2 aromatic rings. The highest BCUT2D eigenvalue weighted by molar-refractivity contribution is 5.88. The van der Waals surface area contributed by atoms with E-state index in [0.29, 0.717) is 12.2 Å². The van der Waals surface area contributed by atoms with Crippen LogP contribution < -0.4 is 5.32 Å². The number of benzene rings is 1. The van der Waals surface area contributed by atoms with Crippen molar-refractivity contribution >= 4 is 11.7 Å². The van der Waals surface area contributed by atoms with Gasteiger partial charge in [-0.3, -0.25) is 9.59 Å². The van der Waals surface area contributed by atoms with E-state index in [1.807, 2.05) is 12.5 Å². The second-order valence-corrected chi connectivity index (χ2v) is 10.7. The molecule has 7 rings (SSSR count). The molecule has 1 aromatic heterocycles. The van der Waals surface area contributed by atoms with E-state index in [0.717, 1.165) is 76.7 Å². The quantitative estimate of drug-likeness (QED) is 0.736. The molecule has 0 radical (unpaired) electrons. The number of hydrogen-bond donors (Lipinski definition) is 1. The second kappa shape index (κ2) is 8.08. The molecule has 0 spiro atoms. The summed E-state index contributed by atoms with van der Waals surface area (Å²) in [6.45, 7) is 1.47. The Morgan fingerprint density at radius 1 is 1.03 bits per heavy atom. The molecular formula is C27H33N3O3. The lowest BCUT2D eigenvalue weighted by molar-refractivity contribution is -0.139. The van der Waals surface area contributed by atoms with E-state index in [9.17, 15) is 9.59 Å². The van der Waals surface area contributed by atoms with E-state index >= 15 is 0 Å². The van der Waals surface area contributed by atoms with Crippen LogP contribution in [0.25, 0.3) is 11.3 Å². The highest BCUT2D eigenvalue weighted by Gasteiger charge is 2.52. The first-order chi connectivity index (χ1) is 16.1. The standard InChI is InChI=1S/C27H33N3O3/c31-24(16-22-20-4-1-2-5-21(20)23-17-28-18-30(22)23)26-8-3-9-27(12-10-26,13-11-26)25(32)29-19-6-14-33-15-7-19/h1-2,4-5,17-19,22H,3,6-16H2,(H,29,32). The fourth-order valence-electron chi connectivity index (χ4n) is 6.94. The van der Waals surface area contributed by atoms with E-state index in [1.54, 1.807) is 0 Å². The molecular weight excluding hydrogens is 414 g/mol. The maximum absolute atomic E-state index is 13.9. The number of amides is 1. The molecule has 6 heteroatoms. The van der Waals surface area contributed by atoms with Gasteiger partial charge in [0.15, 0.2) is 0 Å². The van der Waals surface area contributed by atoms with Crippen LogP contribution in [-0.2, 0) is 14.3 Å². The predicted octanol–water partition coefficient (Wildman–Crippen LogP) is 4.44. The highest BCUT2D eigenvalue weighted by Crippen LogP contribution is 2.56. The number of rotatable bonds is 5. The van der Waals surface area contributed by atoms with Gasteiger partial charge in [0, 0.05) is 42.1 Å². The highest BCUT2D eigenvalue weighted by atomic mass is 16.5. The molecule has 1 amide bonds. The van der Waals surface area contributed by atoms with Crippen molar-refractivity contribution in [2.24, 2.45) is 10.8 Å². The molecule has 3 aliphatic carbocycles. The van der Waals surface area contributed by atoms with Crippen molar-refractivity contribution in [1.29, 1.82) is 0 Å². The first-order valence-corrected chi connectivity index (χ1v) is 12.6. The number of hydrogen-bond acceptors (Lipinski definition) is 4. The zero-order valence-corrected chi connectivity index (χ0v) is 19.2. The summed E-state index contributed by atoms with van der Waals surface area (Å²) in [6.07, 6.45) is 12.3. The molecule has 3 saturated carbocycles. The van der Waals surface area contributed by atoms with E-state index in [-0.39, 0.29) is 28.8 Å². The van der Waals surface area contributed by atoms with Gasteiger partial charge in [-0.15, -0.1) is 0 Å². The molecule has 1 atom stereocenters. The Morgan fingerprint density at radius 3 is 2.58 bits per heavy atom. The van der Waals surface area contributed by atoms with Crippen LogP contribution in [0.3, 0.4) is 0 Å². The van der Waals surface area contributed by atoms with E-state index in [2.05, 4.69) is 39.1 Å². The molecule has 1 N–H and O–H groups in total. The summed E-state index contributed by atoms with van der Waals surface area (Å²) in [7, 11) is 0. The minimum Gasteiger partial charge on any atom is -0.381 e. The van der Waals surface area contributed by atoms with Gasteiger partial charge in [-0.2, -0.15) is 0 Å². The molecule has 174 valence electrons. The van der Waals surface area contributed by atoms with Gasteiger partial charge in [0.25, 0.3) is 0 Å². The Bertz CT molecular complexity index is 1060. The van der Waals surface area contributed by atoms with Crippen molar-refractivity contribution in [2.75, 3.05) is 13.2 Å². The first kappa shape index (κ1) is 21.1. The molecule has 33 heavy (non-hydrogen) atoms. The van der Waals surface area contributed by atoms with Crippen molar-refractivity contribution in [3.05, 3.63) is 42.4 Å². The van der Waals surface area contributed by atoms with Crippen LogP contribution in [0.1, 0.15) is 75.8 Å². The number of fused-ring (bicyclic) bond motifs is 7. The summed E-state index contributed by atoms with van der Waals surface area (Å²) < 4.78 is 7.62. The van der Waals surface area contributed by atoms with Crippen LogP contribution in [0.15, 0.2) is 36.8 Å².